The first-order chi connectivity index (χ1) is 5.52. The molecule has 0 saturated heterocycles. The number of aryl methyl sites for hydroxylation is 1. The molecule has 0 aromatic carbocycles. The van der Waals surface area contributed by atoms with E-state index in [1.165, 1.54) is 6.92 Å². The van der Waals surface area contributed by atoms with Crippen LogP contribution in [-0.4, -0.2) is 4.98 Å². The molecule has 3 N–H and O–H groups in total. The van der Waals surface area contributed by atoms with Crippen LogP contribution in [-0.2, 0) is 0 Å². The van der Waals surface area contributed by atoms with E-state index in [1.54, 1.807) is 0 Å². The first kappa shape index (κ1) is 8.70. The highest BCUT2D eigenvalue weighted by molar-refractivity contribution is 5.42. The molecule has 1 aromatic rings. The van der Waals surface area contributed by atoms with Crippen LogP contribution in [0.5, 0.6) is 0 Å². The average Bonchev–Trinajstić information content (AvgIpc) is 1.99. The second-order valence-electron chi connectivity index (χ2n) is 2.43. The third-order valence-corrected chi connectivity index (χ3v) is 1.52. The summed E-state index contributed by atoms with van der Waals surface area (Å²) >= 11 is 0. The summed E-state index contributed by atoms with van der Waals surface area (Å²) in [6, 6.07) is 0.812. The minimum absolute atomic E-state index is 0.0144. The van der Waals surface area contributed by atoms with Crippen LogP contribution in [0.2, 0.25) is 0 Å². The largest absolute Gasteiger partial charge is 0.394 e. The lowest BCUT2D eigenvalue weighted by molar-refractivity contribution is 0.146. The first-order valence-corrected chi connectivity index (χ1v) is 3.30. The predicted octanol–water partition coefficient (Wildman–Crippen LogP) is 1.20. The number of rotatable bonds is 1. The molecule has 0 aliphatic carbocycles. The fourth-order valence-electron chi connectivity index (χ4n) is 0.841. The molecular formula is C7H8F2N2O. The molecule has 0 saturated carbocycles. The number of hydrogen-bond donors (Lipinski definition) is 2. The third kappa shape index (κ3) is 1.44. The van der Waals surface area contributed by atoms with E-state index in [2.05, 4.69) is 4.98 Å². The van der Waals surface area contributed by atoms with Gasteiger partial charge in [-0.3, -0.25) is 4.79 Å². The highest BCUT2D eigenvalue weighted by atomic mass is 19.3. The van der Waals surface area contributed by atoms with Crippen LogP contribution in [0.4, 0.5) is 14.5 Å². The van der Waals surface area contributed by atoms with Gasteiger partial charge >= 0.3 is 0 Å². The number of hydrogen-bond acceptors (Lipinski definition) is 2. The number of nitrogens with one attached hydrogen (secondary N) is 1. The fraction of sp³-hybridized carbons (Fsp3) is 0.286. The van der Waals surface area contributed by atoms with Crippen LogP contribution >= 0.6 is 0 Å². The standard InChI is InChI=1S/C7H8F2N2O/c1-3-6(10)5(12)2-4(11-3)7(8)9/h2,7H,10H2,1H3,(H,11,12). The topological polar surface area (TPSA) is 58.9 Å². The highest BCUT2D eigenvalue weighted by Crippen LogP contribution is 2.15. The van der Waals surface area contributed by atoms with Crippen LogP contribution in [0.1, 0.15) is 17.8 Å². The predicted molar refractivity (Wildman–Crippen MR) is 41.2 cm³/mol. The Bertz CT molecular complexity index is 346. The van der Waals surface area contributed by atoms with Gasteiger partial charge in [-0.05, 0) is 6.92 Å². The van der Waals surface area contributed by atoms with E-state index in [9.17, 15) is 13.6 Å². The Hall–Kier alpha value is -1.39. The van der Waals surface area contributed by atoms with E-state index < -0.39 is 17.5 Å². The molecule has 66 valence electrons. The van der Waals surface area contributed by atoms with E-state index >= 15 is 0 Å². The van der Waals surface area contributed by atoms with Crippen molar-refractivity contribution in [3.05, 3.63) is 27.7 Å². The number of nitrogens with two attached hydrogens (primary N) is 1. The van der Waals surface area contributed by atoms with Crippen LogP contribution in [0, 0.1) is 6.92 Å². The van der Waals surface area contributed by atoms with E-state index in [-0.39, 0.29) is 11.4 Å². The van der Waals surface area contributed by atoms with Crippen LogP contribution in [0.25, 0.3) is 0 Å². The Morgan fingerprint density at radius 2 is 2.17 bits per heavy atom. The molecule has 3 nitrogen and oxygen atoms in total. The Morgan fingerprint density at radius 3 is 2.58 bits per heavy atom. The normalized spacial score (nSPS) is 10.7. The molecular weight excluding hydrogens is 166 g/mol. The molecule has 1 aromatic heterocycles. The monoisotopic (exact) mass is 174 g/mol. The van der Waals surface area contributed by atoms with E-state index in [0.29, 0.717) is 0 Å². The quantitative estimate of drug-likeness (QED) is 0.672. The Balaban J connectivity index is 3.31. The summed E-state index contributed by atoms with van der Waals surface area (Å²) in [6.45, 7) is 1.47. The summed E-state index contributed by atoms with van der Waals surface area (Å²) in [5.74, 6) is 0. The van der Waals surface area contributed by atoms with Gasteiger partial charge in [-0.2, -0.15) is 0 Å². The van der Waals surface area contributed by atoms with Crippen LogP contribution in [0.15, 0.2) is 10.9 Å². The first-order valence-electron chi connectivity index (χ1n) is 3.30. The van der Waals surface area contributed by atoms with Gasteiger partial charge in [-0.25, -0.2) is 8.78 Å². The van der Waals surface area contributed by atoms with E-state index in [1.807, 2.05) is 0 Å². The Morgan fingerprint density at radius 1 is 1.58 bits per heavy atom. The molecule has 1 heterocycles. The summed E-state index contributed by atoms with van der Waals surface area (Å²) in [5.41, 5.74) is 4.56. The van der Waals surface area contributed by atoms with Crippen LogP contribution < -0.4 is 11.2 Å². The molecule has 0 bridgehead atoms. The van der Waals surface area contributed by atoms with Crippen molar-refractivity contribution in [2.45, 2.75) is 13.3 Å². The number of aromatic nitrogens is 1. The second-order valence-corrected chi connectivity index (χ2v) is 2.43. The van der Waals surface area contributed by atoms with Gasteiger partial charge in [0.1, 0.15) is 0 Å². The number of anilines is 1. The maximum atomic E-state index is 12.0. The van der Waals surface area contributed by atoms with Gasteiger partial charge in [0, 0.05) is 11.8 Å². The van der Waals surface area contributed by atoms with Crippen molar-refractivity contribution in [3.8, 4) is 0 Å². The average molecular weight is 174 g/mol. The zero-order valence-electron chi connectivity index (χ0n) is 6.40. The molecule has 0 atom stereocenters. The van der Waals surface area contributed by atoms with Crippen molar-refractivity contribution in [2.24, 2.45) is 0 Å². The molecule has 0 fully saturated rings. The Kier molecular flexibility index (Phi) is 2.12. The lowest BCUT2D eigenvalue weighted by Gasteiger charge is -2.03. The molecule has 12 heavy (non-hydrogen) atoms. The zero-order chi connectivity index (χ0) is 9.30. The maximum absolute atomic E-state index is 12.0. The second kappa shape index (κ2) is 2.92. The fourth-order valence-corrected chi connectivity index (χ4v) is 0.841. The third-order valence-electron chi connectivity index (χ3n) is 1.52. The van der Waals surface area contributed by atoms with Gasteiger partial charge in [0.2, 0.25) is 5.43 Å². The number of alkyl halides is 2. The minimum atomic E-state index is -2.67. The van der Waals surface area contributed by atoms with Crippen molar-refractivity contribution in [1.29, 1.82) is 0 Å². The molecule has 0 unspecified atom stereocenters. The van der Waals surface area contributed by atoms with Gasteiger partial charge in [-0.15, -0.1) is 0 Å². The summed E-state index contributed by atoms with van der Waals surface area (Å²) < 4.78 is 24.1. The number of H-pyrrole nitrogens is 1. The van der Waals surface area contributed by atoms with Crippen LogP contribution in [0.3, 0.4) is 0 Å². The minimum Gasteiger partial charge on any atom is -0.394 e. The van der Waals surface area contributed by atoms with Crippen molar-refractivity contribution in [3.63, 3.8) is 0 Å². The molecule has 0 spiro atoms. The van der Waals surface area contributed by atoms with Gasteiger partial charge in [0.15, 0.2) is 0 Å². The van der Waals surface area contributed by atoms with Crippen molar-refractivity contribution in [2.75, 3.05) is 5.73 Å². The maximum Gasteiger partial charge on any atom is 0.278 e. The molecule has 0 radical (unpaired) electrons. The zero-order valence-corrected chi connectivity index (χ0v) is 6.40. The summed E-state index contributed by atoms with van der Waals surface area (Å²) in [4.78, 5) is 13.2. The van der Waals surface area contributed by atoms with Crippen molar-refractivity contribution >= 4 is 5.69 Å². The van der Waals surface area contributed by atoms with Gasteiger partial charge < -0.3 is 10.7 Å². The van der Waals surface area contributed by atoms with Gasteiger partial charge in [-0.1, -0.05) is 0 Å². The van der Waals surface area contributed by atoms with E-state index in [4.69, 9.17) is 5.73 Å². The highest BCUT2D eigenvalue weighted by Gasteiger charge is 2.10. The number of halogens is 2. The number of pyridine rings is 1. The molecule has 0 amide bonds. The smallest absolute Gasteiger partial charge is 0.278 e. The SMILES string of the molecule is Cc1[nH]c(C(F)F)cc(=O)c1N. The number of aromatic amines is 1. The van der Waals surface area contributed by atoms with Gasteiger partial charge in [0.25, 0.3) is 6.43 Å². The van der Waals surface area contributed by atoms with Gasteiger partial charge in [0.05, 0.1) is 11.4 Å². The molecule has 5 heteroatoms. The number of nitrogen functional groups attached to an aromatic ring is 1. The lowest BCUT2D eigenvalue weighted by Crippen LogP contribution is -2.12. The van der Waals surface area contributed by atoms with E-state index in [0.717, 1.165) is 6.07 Å². The summed E-state index contributed by atoms with van der Waals surface area (Å²) in [7, 11) is 0. The molecule has 0 aliphatic rings. The summed E-state index contributed by atoms with van der Waals surface area (Å²) in [6.07, 6.45) is -2.67. The Labute approximate surface area is 67.2 Å². The molecule has 1 rings (SSSR count). The molecule has 0 aliphatic heterocycles. The summed E-state index contributed by atoms with van der Waals surface area (Å²) in [5, 5.41) is 0. The van der Waals surface area contributed by atoms with Crippen molar-refractivity contribution < 1.29 is 8.78 Å². The lowest BCUT2D eigenvalue weighted by atomic mass is 10.2. The van der Waals surface area contributed by atoms with Crippen molar-refractivity contribution in [1.82, 2.24) is 4.98 Å².